The fraction of sp³-hybridized carbons (Fsp3) is 0.575. The number of ketones is 2. The largest absolute Gasteiger partial charge is 0.452 e. The number of carbonyl (C=O) groups excluding carboxylic acids is 3. The first-order valence-electron chi connectivity index (χ1n) is 16.9. The fourth-order valence-corrected chi connectivity index (χ4v) is 11.0. The van der Waals surface area contributed by atoms with Gasteiger partial charge >= 0.3 is 5.97 Å². The molecule has 4 saturated carbocycles. The lowest BCUT2D eigenvalue weighted by atomic mass is 9.36. The van der Waals surface area contributed by atoms with Crippen LogP contribution in [0.25, 0.3) is 0 Å². The van der Waals surface area contributed by atoms with Crippen molar-refractivity contribution in [1.82, 2.24) is 0 Å². The van der Waals surface area contributed by atoms with Crippen LogP contribution in [0.2, 0.25) is 0 Å². The summed E-state index contributed by atoms with van der Waals surface area (Å²) in [6.07, 6.45) is 9.41. The van der Waals surface area contributed by atoms with Crippen molar-refractivity contribution in [3.63, 3.8) is 0 Å². The van der Waals surface area contributed by atoms with E-state index in [4.69, 9.17) is 4.74 Å². The monoisotopic (exact) mass is 592 g/mol. The van der Waals surface area contributed by atoms with E-state index >= 15 is 0 Å². The minimum atomic E-state index is -0.645. The molecule has 4 nitrogen and oxygen atoms in total. The summed E-state index contributed by atoms with van der Waals surface area (Å²) in [5, 5.41) is 0. The molecule has 0 heterocycles. The topological polar surface area (TPSA) is 60.4 Å². The molecule has 0 N–H and O–H groups in total. The van der Waals surface area contributed by atoms with E-state index in [1.165, 1.54) is 5.57 Å². The lowest BCUT2D eigenvalue weighted by molar-refractivity contribution is -0.170. The molecule has 0 bridgehead atoms. The average Bonchev–Trinajstić information content (AvgIpc) is 3.32. The van der Waals surface area contributed by atoms with Crippen molar-refractivity contribution in [2.24, 2.45) is 44.8 Å². The second kappa shape index (κ2) is 9.99. The van der Waals surface area contributed by atoms with Gasteiger partial charge in [-0.15, -0.1) is 0 Å². The smallest absolute Gasteiger partial charge is 0.312 e. The third-order valence-corrected chi connectivity index (χ3v) is 14.1. The van der Waals surface area contributed by atoms with Crippen LogP contribution >= 0.6 is 0 Å². The minimum Gasteiger partial charge on any atom is -0.452 e. The zero-order valence-electron chi connectivity index (χ0n) is 27.2. The van der Waals surface area contributed by atoms with Gasteiger partial charge in [0.2, 0.25) is 0 Å². The van der Waals surface area contributed by atoms with Gasteiger partial charge in [0.15, 0.2) is 11.9 Å². The molecule has 4 fully saturated rings. The molecule has 2 aromatic carbocycles. The SMILES string of the molecule is C[C@]1(C(=O)OC(c2ccccc2)c2ccccc2)CC[C@]2(C)CC[C@]3(C)C(=CC(=O)[C@@H]4[C@@]5(C)CCC(=O)[C@@H]5CC[C@]43C)[C@@H]2C1. The zero-order valence-corrected chi connectivity index (χ0v) is 27.2. The molecule has 0 saturated heterocycles. The molecule has 5 aliphatic carbocycles. The van der Waals surface area contributed by atoms with E-state index in [0.717, 1.165) is 56.1 Å². The maximum absolute atomic E-state index is 14.3. The predicted octanol–water partition coefficient (Wildman–Crippen LogP) is 8.84. The average molecular weight is 593 g/mol. The molecule has 7 rings (SSSR count). The summed E-state index contributed by atoms with van der Waals surface area (Å²) in [6, 6.07) is 20.0. The van der Waals surface area contributed by atoms with Crippen molar-refractivity contribution in [2.45, 2.75) is 98.5 Å². The molecule has 8 atom stereocenters. The molecule has 0 amide bonds. The summed E-state index contributed by atoms with van der Waals surface area (Å²) in [7, 11) is 0. The van der Waals surface area contributed by atoms with E-state index in [1.54, 1.807) is 0 Å². The molecule has 0 unspecified atom stereocenters. The summed E-state index contributed by atoms with van der Waals surface area (Å²) in [6.45, 7) is 11.5. The van der Waals surface area contributed by atoms with Crippen molar-refractivity contribution in [1.29, 1.82) is 0 Å². The Morgan fingerprint density at radius 2 is 1.39 bits per heavy atom. The Balaban J connectivity index is 1.23. The Bertz CT molecular complexity index is 1490. The molecule has 0 aromatic heterocycles. The van der Waals surface area contributed by atoms with Crippen molar-refractivity contribution < 1.29 is 19.1 Å². The second-order valence-corrected chi connectivity index (χ2v) is 16.3. The molecular weight excluding hydrogens is 544 g/mol. The van der Waals surface area contributed by atoms with Gasteiger partial charge in [-0.3, -0.25) is 14.4 Å². The van der Waals surface area contributed by atoms with Gasteiger partial charge in [0.05, 0.1) is 5.41 Å². The van der Waals surface area contributed by atoms with Crippen molar-refractivity contribution in [2.75, 3.05) is 0 Å². The molecule has 232 valence electrons. The minimum absolute atomic E-state index is 0.0202. The molecule has 0 radical (unpaired) electrons. The molecular formula is C40H48O4. The predicted molar refractivity (Wildman–Crippen MR) is 171 cm³/mol. The Morgan fingerprint density at radius 3 is 2.02 bits per heavy atom. The van der Waals surface area contributed by atoms with Crippen molar-refractivity contribution >= 4 is 17.5 Å². The number of carbonyl (C=O) groups is 3. The molecule has 4 heteroatoms. The van der Waals surface area contributed by atoms with Crippen molar-refractivity contribution in [3.05, 3.63) is 83.4 Å². The van der Waals surface area contributed by atoms with Gasteiger partial charge in [-0.2, -0.15) is 0 Å². The normalized spacial score (nSPS) is 41.2. The van der Waals surface area contributed by atoms with Gasteiger partial charge in [-0.1, -0.05) is 93.9 Å². The second-order valence-electron chi connectivity index (χ2n) is 16.3. The third kappa shape index (κ3) is 4.11. The first-order chi connectivity index (χ1) is 20.8. The molecule has 44 heavy (non-hydrogen) atoms. The number of esters is 1. The van der Waals surface area contributed by atoms with Crippen LogP contribution in [-0.4, -0.2) is 17.5 Å². The number of rotatable bonds is 4. The number of allylic oxidation sites excluding steroid dienone is 2. The Hall–Kier alpha value is -3.01. The molecule has 2 aromatic rings. The van der Waals surface area contributed by atoms with Gasteiger partial charge in [-0.25, -0.2) is 0 Å². The van der Waals surface area contributed by atoms with Gasteiger partial charge in [0, 0.05) is 18.3 Å². The zero-order chi connectivity index (χ0) is 31.1. The number of hydrogen-bond donors (Lipinski definition) is 0. The summed E-state index contributed by atoms with van der Waals surface area (Å²) in [5.41, 5.74) is 2.06. The number of hydrogen-bond acceptors (Lipinski definition) is 4. The number of benzene rings is 2. The van der Waals surface area contributed by atoms with Gasteiger partial charge < -0.3 is 4.74 Å². The van der Waals surface area contributed by atoms with Crippen LogP contribution in [0.1, 0.15) is 110 Å². The van der Waals surface area contributed by atoms with E-state index < -0.39 is 11.5 Å². The Morgan fingerprint density at radius 1 is 0.773 bits per heavy atom. The highest BCUT2D eigenvalue weighted by molar-refractivity contribution is 5.97. The maximum atomic E-state index is 14.3. The van der Waals surface area contributed by atoms with Crippen LogP contribution in [0.3, 0.4) is 0 Å². The first kappa shape index (κ1) is 29.7. The highest BCUT2D eigenvalue weighted by Crippen LogP contribution is 2.74. The molecule has 5 aliphatic rings. The summed E-state index contributed by atoms with van der Waals surface area (Å²) >= 11 is 0. The number of Topliss-reactive ketones (excluding diaryl/α,β-unsaturated/α-hetero) is 1. The number of fused-ring (bicyclic) bond motifs is 7. The third-order valence-electron chi connectivity index (χ3n) is 14.1. The lowest BCUT2D eigenvalue weighted by Gasteiger charge is -2.67. The van der Waals surface area contributed by atoms with Gasteiger partial charge in [0.1, 0.15) is 5.78 Å². The van der Waals surface area contributed by atoms with Crippen LogP contribution < -0.4 is 0 Å². The van der Waals surface area contributed by atoms with Crippen LogP contribution in [0.15, 0.2) is 72.3 Å². The standard InChI is InChI=1S/C40H48O4/c1-36-20-21-37(2,35(43)44-33(26-12-8-6-9-13-26)27-14-10-7-11-15-27)25-30(36)29-24-32(42)34-38(3)18-17-31(41)28(38)16-19-40(34,5)39(29,4)23-22-36/h6-15,24,28,30,33-34H,16-23,25H2,1-5H3/t28-,30-,34+,36+,37-,38-,39+,40+/m0/s1. The lowest BCUT2D eigenvalue weighted by Crippen LogP contribution is -2.63. The summed E-state index contributed by atoms with van der Waals surface area (Å²) in [4.78, 5) is 41.6. The number of ether oxygens (including phenoxy) is 1. The molecule has 0 aliphatic heterocycles. The highest BCUT2D eigenvalue weighted by atomic mass is 16.5. The van der Waals surface area contributed by atoms with E-state index in [0.29, 0.717) is 18.6 Å². The van der Waals surface area contributed by atoms with Crippen LogP contribution in [0.5, 0.6) is 0 Å². The first-order valence-corrected chi connectivity index (χ1v) is 16.9. The quantitative estimate of drug-likeness (QED) is 0.333. The summed E-state index contributed by atoms with van der Waals surface area (Å²) < 4.78 is 6.48. The van der Waals surface area contributed by atoms with Crippen LogP contribution in [0, 0.1) is 44.8 Å². The summed E-state index contributed by atoms with van der Waals surface area (Å²) in [5.74, 6) is 0.506. The maximum Gasteiger partial charge on any atom is 0.312 e. The van der Waals surface area contributed by atoms with E-state index in [-0.39, 0.29) is 51.2 Å². The van der Waals surface area contributed by atoms with Crippen molar-refractivity contribution in [3.8, 4) is 0 Å². The Labute approximate surface area is 263 Å². The van der Waals surface area contributed by atoms with E-state index in [1.807, 2.05) is 66.7 Å². The van der Waals surface area contributed by atoms with Gasteiger partial charge in [-0.05, 0) is 103 Å². The van der Waals surface area contributed by atoms with Gasteiger partial charge in [0.25, 0.3) is 0 Å². The molecule has 0 spiro atoms. The van der Waals surface area contributed by atoms with Crippen LogP contribution in [-0.2, 0) is 19.1 Å². The van der Waals surface area contributed by atoms with E-state index in [2.05, 4.69) is 34.6 Å². The van der Waals surface area contributed by atoms with E-state index in [9.17, 15) is 14.4 Å². The highest BCUT2D eigenvalue weighted by Gasteiger charge is 2.69. The fourth-order valence-electron chi connectivity index (χ4n) is 11.0. The Kier molecular flexibility index (Phi) is 6.74. The van der Waals surface area contributed by atoms with Crippen LogP contribution in [0.4, 0.5) is 0 Å².